The molecule has 0 aromatic heterocycles. The van der Waals surface area contributed by atoms with Crippen molar-refractivity contribution < 1.29 is 28.4 Å². The quantitative estimate of drug-likeness (QED) is 0.446. The highest BCUT2D eigenvalue weighted by Crippen LogP contribution is 2.46. The number of benzene rings is 2. The Kier molecular flexibility index (Phi) is 7.59. The molecule has 242 valence electrons. The maximum atomic E-state index is 13.7. The Morgan fingerprint density at radius 2 is 1.78 bits per heavy atom. The first kappa shape index (κ1) is 31.0. The number of nitrogens with zero attached hydrogens (tertiary/aromatic N) is 2. The lowest BCUT2D eigenvalue weighted by atomic mass is 9.76. The fraction of sp³-hybridized carbons (Fsp3) is 0.528. The van der Waals surface area contributed by atoms with E-state index in [1.807, 2.05) is 18.7 Å². The number of aliphatic imine (C=N–C) groups is 1. The molecule has 2 atom stereocenters. The van der Waals surface area contributed by atoms with Gasteiger partial charge in [0.05, 0.1) is 30.1 Å². The van der Waals surface area contributed by atoms with E-state index in [1.54, 1.807) is 0 Å². The van der Waals surface area contributed by atoms with Gasteiger partial charge in [-0.25, -0.2) is 4.79 Å². The topological polar surface area (TPSA) is 98.7 Å². The van der Waals surface area contributed by atoms with Crippen molar-refractivity contribution in [2.45, 2.75) is 104 Å². The Hall–Kier alpha value is -3.63. The SMILES string of the molecule is COC(=O)N[C@H](C(=O)N1CCC[C@H]1C1=NC2=C(CCc3cc4c(cc32)OCc2cc(B3OC(C)(C)C(C)(C)O3)ccc2-4)C1)C(C)C. The van der Waals surface area contributed by atoms with Crippen molar-refractivity contribution in [2.24, 2.45) is 10.9 Å². The molecule has 2 aromatic carbocycles. The first-order valence-corrected chi connectivity index (χ1v) is 16.6. The minimum absolute atomic E-state index is 0.0665. The normalized spacial score (nSPS) is 22.9. The summed E-state index contributed by atoms with van der Waals surface area (Å²) in [6.07, 6.45) is 3.87. The molecule has 10 heteroatoms. The molecule has 0 radical (unpaired) electrons. The summed E-state index contributed by atoms with van der Waals surface area (Å²) in [5.41, 5.74) is 9.46. The van der Waals surface area contributed by atoms with Crippen molar-refractivity contribution in [3.05, 3.63) is 52.6 Å². The van der Waals surface area contributed by atoms with Crippen molar-refractivity contribution >= 4 is 36.0 Å². The third-order valence-electron chi connectivity index (χ3n) is 10.8. The predicted molar refractivity (Wildman–Crippen MR) is 178 cm³/mol. The number of alkyl carbamates (subject to hydrolysis) is 1. The summed E-state index contributed by atoms with van der Waals surface area (Å²) in [6.45, 7) is 13.3. The van der Waals surface area contributed by atoms with Gasteiger partial charge in [0.1, 0.15) is 18.4 Å². The molecule has 0 unspecified atom stereocenters. The number of hydrogen-bond acceptors (Lipinski definition) is 7. The Morgan fingerprint density at radius 1 is 1.02 bits per heavy atom. The molecule has 4 heterocycles. The summed E-state index contributed by atoms with van der Waals surface area (Å²) in [4.78, 5) is 32.8. The van der Waals surface area contributed by atoms with E-state index in [0.717, 1.165) is 71.4 Å². The fourth-order valence-corrected chi connectivity index (χ4v) is 7.41. The average molecular weight is 626 g/mol. The summed E-state index contributed by atoms with van der Waals surface area (Å²) in [5, 5.41) is 2.75. The van der Waals surface area contributed by atoms with Gasteiger partial charge in [-0.2, -0.15) is 0 Å². The maximum Gasteiger partial charge on any atom is 0.494 e. The third kappa shape index (κ3) is 5.14. The number of ether oxygens (including phenoxy) is 2. The van der Waals surface area contributed by atoms with E-state index < -0.39 is 30.5 Å². The van der Waals surface area contributed by atoms with Gasteiger partial charge in [0.25, 0.3) is 0 Å². The van der Waals surface area contributed by atoms with Crippen LogP contribution in [-0.2, 0) is 31.9 Å². The predicted octanol–water partition coefficient (Wildman–Crippen LogP) is 5.42. The van der Waals surface area contributed by atoms with E-state index in [2.05, 4.69) is 63.3 Å². The molecule has 4 aliphatic heterocycles. The van der Waals surface area contributed by atoms with Crippen LogP contribution in [0, 0.1) is 5.92 Å². The second kappa shape index (κ2) is 11.3. The molecular formula is C36H44BN3O6. The summed E-state index contributed by atoms with van der Waals surface area (Å²) in [7, 11) is 0.906. The Balaban J connectivity index is 1.14. The van der Waals surface area contributed by atoms with Crippen molar-refractivity contribution in [2.75, 3.05) is 13.7 Å². The summed E-state index contributed by atoms with van der Waals surface area (Å²) < 4.78 is 23.8. The lowest BCUT2D eigenvalue weighted by Crippen LogP contribution is -2.53. The van der Waals surface area contributed by atoms with E-state index in [4.69, 9.17) is 23.8 Å². The van der Waals surface area contributed by atoms with Crippen molar-refractivity contribution in [1.82, 2.24) is 10.2 Å². The molecule has 5 aliphatic rings. The highest BCUT2D eigenvalue weighted by molar-refractivity contribution is 6.62. The maximum absolute atomic E-state index is 13.7. The van der Waals surface area contributed by atoms with E-state index in [0.29, 0.717) is 13.2 Å². The van der Waals surface area contributed by atoms with Crippen LogP contribution in [0.2, 0.25) is 0 Å². The van der Waals surface area contributed by atoms with Gasteiger partial charge < -0.3 is 29.0 Å². The van der Waals surface area contributed by atoms with Crippen molar-refractivity contribution in [3.8, 4) is 16.9 Å². The second-order valence-corrected chi connectivity index (χ2v) is 14.6. The number of carbonyl (C=O) groups is 2. The van der Waals surface area contributed by atoms with E-state index in [-0.39, 0.29) is 17.9 Å². The van der Waals surface area contributed by atoms with Gasteiger partial charge in [-0.05, 0) is 99.2 Å². The summed E-state index contributed by atoms with van der Waals surface area (Å²) in [5.74, 6) is 0.736. The molecular weight excluding hydrogens is 581 g/mol. The Labute approximate surface area is 271 Å². The second-order valence-electron chi connectivity index (χ2n) is 14.6. The van der Waals surface area contributed by atoms with Crippen LogP contribution in [0.1, 0.15) is 83.9 Å². The van der Waals surface area contributed by atoms with Crippen LogP contribution in [0.3, 0.4) is 0 Å². The minimum atomic E-state index is -0.641. The number of methoxy groups -OCH3 is 1. The molecule has 1 N–H and O–H groups in total. The van der Waals surface area contributed by atoms with Gasteiger partial charge in [0, 0.05) is 29.8 Å². The number of hydrogen-bond donors (Lipinski definition) is 1. The van der Waals surface area contributed by atoms with Crippen molar-refractivity contribution in [3.63, 3.8) is 0 Å². The van der Waals surface area contributed by atoms with E-state index in [1.165, 1.54) is 23.8 Å². The zero-order valence-corrected chi connectivity index (χ0v) is 28.0. The molecule has 0 spiro atoms. The van der Waals surface area contributed by atoms with Crippen LogP contribution in [0.15, 0.2) is 40.9 Å². The van der Waals surface area contributed by atoms with Gasteiger partial charge in [0.15, 0.2) is 0 Å². The lowest BCUT2D eigenvalue weighted by Gasteiger charge is -2.32. The zero-order chi connectivity index (χ0) is 32.5. The van der Waals surface area contributed by atoms with E-state index in [9.17, 15) is 9.59 Å². The van der Waals surface area contributed by atoms with E-state index >= 15 is 0 Å². The number of amides is 2. The van der Waals surface area contributed by atoms with Crippen LogP contribution >= 0.6 is 0 Å². The number of rotatable bonds is 5. The number of fused-ring (bicyclic) bond motifs is 5. The first-order valence-electron chi connectivity index (χ1n) is 16.6. The molecule has 2 fully saturated rings. The van der Waals surface area contributed by atoms with Crippen LogP contribution in [0.4, 0.5) is 4.79 Å². The van der Waals surface area contributed by atoms with Gasteiger partial charge in [0.2, 0.25) is 5.91 Å². The molecule has 1 aliphatic carbocycles. The molecule has 7 rings (SSSR count). The summed E-state index contributed by atoms with van der Waals surface area (Å²) in [6, 6.07) is 10.2. The van der Waals surface area contributed by atoms with Crippen LogP contribution in [0.5, 0.6) is 5.75 Å². The molecule has 2 aromatic rings. The average Bonchev–Trinajstić information content (AvgIpc) is 3.73. The highest BCUT2D eigenvalue weighted by Gasteiger charge is 2.52. The molecule has 2 amide bonds. The third-order valence-corrected chi connectivity index (χ3v) is 10.8. The largest absolute Gasteiger partial charge is 0.494 e. The Bertz CT molecular complexity index is 1660. The lowest BCUT2D eigenvalue weighted by molar-refractivity contribution is -0.134. The Morgan fingerprint density at radius 3 is 2.50 bits per heavy atom. The van der Waals surface area contributed by atoms with Crippen LogP contribution in [0.25, 0.3) is 16.8 Å². The molecule has 9 nitrogen and oxygen atoms in total. The van der Waals surface area contributed by atoms with Gasteiger partial charge in [-0.3, -0.25) is 9.79 Å². The standard InChI is InChI=1S/C36H44BN3O6/c1-20(2)31(39-34(42)43-7)33(41)40-14-8-9-29(40)28-17-22-11-10-21-16-27-25-13-12-24(37-45-35(3,4)36(5,6)46-37)15-23(25)19-44-30(27)18-26(21)32(22)38-28/h12-13,15-16,18,20,29,31H,8-11,14,17,19H2,1-7H3,(H,39,42)/t29-,31-/m0/s1. The van der Waals surface area contributed by atoms with Crippen molar-refractivity contribution in [1.29, 1.82) is 0 Å². The summed E-state index contributed by atoms with van der Waals surface area (Å²) >= 11 is 0. The fourth-order valence-electron chi connectivity index (χ4n) is 7.41. The zero-order valence-electron chi connectivity index (χ0n) is 28.0. The molecule has 2 saturated heterocycles. The number of nitrogens with one attached hydrogen (secondary N) is 1. The van der Waals surface area contributed by atoms with Gasteiger partial charge >= 0.3 is 13.2 Å². The number of likely N-dealkylation sites (tertiary alicyclic amines) is 1. The highest BCUT2D eigenvalue weighted by atomic mass is 16.7. The molecule has 0 bridgehead atoms. The monoisotopic (exact) mass is 625 g/mol. The van der Waals surface area contributed by atoms with Crippen LogP contribution in [-0.4, -0.2) is 66.7 Å². The number of aryl methyl sites for hydroxylation is 1. The smallest absolute Gasteiger partial charge is 0.488 e. The number of allylic oxidation sites excluding steroid dienone is 1. The van der Waals surface area contributed by atoms with Gasteiger partial charge in [-0.1, -0.05) is 32.0 Å². The molecule has 46 heavy (non-hydrogen) atoms. The van der Waals surface area contributed by atoms with Gasteiger partial charge in [-0.15, -0.1) is 0 Å². The number of carbonyl (C=O) groups excluding carboxylic acids is 2. The minimum Gasteiger partial charge on any atom is -0.488 e. The van der Waals surface area contributed by atoms with Crippen LogP contribution < -0.4 is 15.5 Å². The first-order chi connectivity index (χ1) is 21.9. The molecule has 0 saturated carbocycles.